The third-order valence-corrected chi connectivity index (χ3v) is 4.60. The second-order valence-electron chi connectivity index (χ2n) is 5.12. The fourth-order valence-electron chi connectivity index (χ4n) is 2.81. The Labute approximate surface area is 141 Å². The summed E-state index contributed by atoms with van der Waals surface area (Å²) < 4.78 is 11.8. The van der Waals surface area contributed by atoms with Gasteiger partial charge in [0, 0.05) is 23.6 Å². The van der Waals surface area contributed by atoms with Crippen molar-refractivity contribution in [3.63, 3.8) is 0 Å². The van der Waals surface area contributed by atoms with Crippen LogP contribution in [0.3, 0.4) is 0 Å². The van der Waals surface area contributed by atoms with Gasteiger partial charge in [0.05, 0.1) is 14.2 Å². The fourth-order valence-corrected chi connectivity index (χ4v) is 3.25. The van der Waals surface area contributed by atoms with E-state index in [-0.39, 0.29) is 12.4 Å². The maximum Gasteiger partial charge on any atom is 0.161 e. The number of nitrogens with zero attached hydrogens (tertiary/aromatic N) is 1. The molecule has 1 atom stereocenters. The second kappa shape index (κ2) is 8.83. The van der Waals surface area contributed by atoms with Gasteiger partial charge in [-0.15, -0.1) is 12.4 Å². The molecule has 1 fully saturated rings. The largest absolute Gasteiger partial charge is 0.493 e. The van der Waals surface area contributed by atoms with Gasteiger partial charge in [0.25, 0.3) is 0 Å². The Morgan fingerprint density at radius 2 is 1.95 bits per heavy atom. The molecule has 0 radical (unpaired) electrons. The summed E-state index contributed by atoms with van der Waals surface area (Å²) in [5, 5.41) is 3.28. The first-order valence-corrected chi connectivity index (χ1v) is 7.78. The van der Waals surface area contributed by atoms with Gasteiger partial charge in [-0.1, -0.05) is 15.9 Å². The van der Waals surface area contributed by atoms with Gasteiger partial charge in [0.1, 0.15) is 0 Å². The van der Waals surface area contributed by atoms with Gasteiger partial charge in [0.15, 0.2) is 11.5 Å². The van der Waals surface area contributed by atoms with Crippen LogP contribution in [0.2, 0.25) is 0 Å². The molecule has 1 N–H and O–H groups in total. The van der Waals surface area contributed by atoms with E-state index in [1.165, 1.54) is 18.4 Å². The number of likely N-dealkylation sites (N-methyl/N-ethyl adjacent to an activating group) is 1. The zero-order valence-corrected chi connectivity index (χ0v) is 15.2. The summed E-state index contributed by atoms with van der Waals surface area (Å²) in [7, 11) is 5.35. The number of benzene rings is 1. The van der Waals surface area contributed by atoms with Crippen molar-refractivity contribution in [1.29, 1.82) is 0 Å². The topological polar surface area (TPSA) is 33.7 Å². The molecule has 120 valence electrons. The highest BCUT2D eigenvalue weighted by atomic mass is 79.9. The summed E-state index contributed by atoms with van der Waals surface area (Å²) in [6.07, 6.45) is 2.54. The Morgan fingerprint density at radius 1 is 1.29 bits per heavy atom. The van der Waals surface area contributed by atoms with Crippen LogP contribution in [0.25, 0.3) is 0 Å². The highest BCUT2D eigenvalue weighted by Crippen LogP contribution is 2.34. The van der Waals surface area contributed by atoms with E-state index in [0.29, 0.717) is 6.04 Å². The van der Waals surface area contributed by atoms with E-state index in [2.05, 4.69) is 32.2 Å². The van der Waals surface area contributed by atoms with Crippen LogP contribution >= 0.6 is 28.3 Å². The van der Waals surface area contributed by atoms with Crippen molar-refractivity contribution in [3.05, 3.63) is 22.2 Å². The first-order valence-electron chi connectivity index (χ1n) is 6.98. The summed E-state index contributed by atoms with van der Waals surface area (Å²) in [4.78, 5) is 2.53. The van der Waals surface area contributed by atoms with E-state index in [4.69, 9.17) is 9.47 Å². The average Bonchev–Trinajstić information content (AvgIpc) is 2.88. The lowest BCUT2D eigenvalue weighted by Gasteiger charge is -2.25. The Balaban J connectivity index is 0.00000220. The quantitative estimate of drug-likeness (QED) is 0.823. The Hall–Kier alpha value is -0.490. The predicted molar refractivity (Wildman–Crippen MR) is 91.9 cm³/mol. The van der Waals surface area contributed by atoms with Gasteiger partial charge in [-0.25, -0.2) is 0 Å². The molecule has 0 amide bonds. The predicted octanol–water partition coefficient (Wildman–Crippen LogP) is 3.07. The summed E-state index contributed by atoms with van der Waals surface area (Å²) in [5.41, 5.74) is 1.24. The van der Waals surface area contributed by atoms with Gasteiger partial charge in [0.2, 0.25) is 0 Å². The maximum atomic E-state index is 5.39. The molecule has 0 spiro atoms. The molecule has 1 aromatic carbocycles. The van der Waals surface area contributed by atoms with Crippen molar-refractivity contribution in [1.82, 2.24) is 10.2 Å². The van der Waals surface area contributed by atoms with Crippen LogP contribution in [0, 0.1) is 0 Å². The fraction of sp³-hybridized carbons (Fsp3) is 0.600. The molecule has 0 saturated carbocycles. The van der Waals surface area contributed by atoms with Gasteiger partial charge >= 0.3 is 0 Å². The van der Waals surface area contributed by atoms with Crippen LogP contribution in [-0.4, -0.2) is 45.3 Å². The molecule has 21 heavy (non-hydrogen) atoms. The molecule has 0 aliphatic carbocycles. The molecular formula is C15H24BrClN2O2. The van der Waals surface area contributed by atoms with Crippen LogP contribution in [0.1, 0.15) is 18.4 Å². The Kier molecular flexibility index (Phi) is 7.81. The number of rotatable bonds is 6. The standard InChI is InChI=1S/C15H23BrN2O2.ClH/c1-17-9-12-5-4-6-18(12)10-11-7-14(19-2)15(20-3)8-13(11)16;/h7-8,12,17H,4-6,9-10H2,1-3H3;1H. The zero-order valence-electron chi connectivity index (χ0n) is 12.8. The number of hydrogen-bond acceptors (Lipinski definition) is 4. The minimum absolute atomic E-state index is 0. The van der Waals surface area contributed by atoms with Gasteiger partial charge in [-0.05, 0) is 44.1 Å². The van der Waals surface area contributed by atoms with E-state index < -0.39 is 0 Å². The molecule has 0 aromatic heterocycles. The highest BCUT2D eigenvalue weighted by molar-refractivity contribution is 9.10. The molecule has 1 unspecified atom stereocenters. The first-order chi connectivity index (χ1) is 9.69. The molecule has 1 heterocycles. The molecule has 4 nitrogen and oxygen atoms in total. The molecule has 1 saturated heterocycles. The van der Waals surface area contributed by atoms with Gasteiger partial charge in [-0.2, -0.15) is 0 Å². The maximum absolute atomic E-state index is 5.39. The number of hydrogen-bond donors (Lipinski definition) is 1. The lowest BCUT2D eigenvalue weighted by Crippen LogP contribution is -2.36. The summed E-state index contributed by atoms with van der Waals surface area (Å²) >= 11 is 3.64. The highest BCUT2D eigenvalue weighted by Gasteiger charge is 2.24. The SMILES string of the molecule is CNCC1CCCN1Cc1cc(OC)c(OC)cc1Br.Cl. The number of methoxy groups -OCH3 is 2. The van der Waals surface area contributed by atoms with E-state index >= 15 is 0 Å². The minimum atomic E-state index is 0. The van der Waals surface area contributed by atoms with Crippen molar-refractivity contribution in [2.75, 3.05) is 34.4 Å². The first kappa shape index (κ1) is 18.6. The normalized spacial score (nSPS) is 18.4. The number of ether oxygens (including phenoxy) is 2. The third kappa shape index (κ3) is 4.49. The molecule has 1 aliphatic rings. The molecule has 1 aliphatic heterocycles. The lowest BCUT2D eigenvalue weighted by molar-refractivity contribution is 0.241. The minimum Gasteiger partial charge on any atom is -0.493 e. The van der Waals surface area contributed by atoms with Crippen molar-refractivity contribution >= 4 is 28.3 Å². The molecule has 6 heteroatoms. The monoisotopic (exact) mass is 378 g/mol. The summed E-state index contributed by atoms with van der Waals surface area (Å²) in [6.45, 7) is 3.14. The van der Waals surface area contributed by atoms with Crippen LogP contribution in [-0.2, 0) is 6.54 Å². The van der Waals surface area contributed by atoms with Crippen LogP contribution in [0.4, 0.5) is 0 Å². The molecule has 0 bridgehead atoms. The smallest absolute Gasteiger partial charge is 0.161 e. The van der Waals surface area contributed by atoms with Crippen LogP contribution in [0.5, 0.6) is 11.5 Å². The van der Waals surface area contributed by atoms with Crippen LogP contribution in [0.15, 0.2) is 16.6 Å². The van der Waals surface area contributed by atoms with E-state index in [0.717, 1.165) is 35.6 Å². The second-order valence-corrected chi connectivity index (χ2v) is 5.98. The zero-order chi connectivity index (χ0) is 14.5. The average molecular weight is 380 g/mol. The Bertz CT molecular complexity index is 460. The summed E-state index contributed by atoms with van der Waals surface area (Å²) in [5.74, 6) is 1.55. The third-order valence-electron chi connectivity index (χ3n) is 3.86. The van der Waals surface area contributed by atoms with E-state index in [9.17, 15) is 0 Å². The van der Waals surface area contributed by atoms with Gasteiger partial charge in [-0.3, -0.25) is 4.90 Å². The van der Waals surface area contributed by atoms with E-state index in [1.54, 1.807) is 14.2 Å². The van der Waals surface area contributed by atoms with Crippen LogP contribution < -0.4 is 14.8 Å². The van der Waals surface area contributed by atoms with Gasteiger partial charge < -0.3 is 14.8 Å². The molecule has 1 aromatic rings. The van der Waals surface area contributed by atoms with Crippen molar-refractivity contribution < 1.29 is 9.47 Å². The summed E-state index contributed by atoms with van der Waals surface area (Å²) in [6, 6.07) is 4.68. The van der Waals surface area contributed by atoms with E-state index in [1.807, 2.05) is 13.1 Å². The Morgan fingerprint density at radius 3 is 2.57 bits per heavy atom. The number of halogens is 2. The van der Waals surface area contributed by atoms with Crippen molar-refractivity contribution in [3.8, 4) is 11.5 Å². The lowest BCUT2D eigenvalue weighted by atomic mass is 10.1. The number of likely N-dealkylation sites (tertiary alicyclic amines) is 1. The molecule has 2 rings (SSSR count). The van der Waals surface area contributed by atoms with Crippen molar-refractivity contribution in [2.24, 2.45) is 0 Å². The van der Waals surface area contributed by atoms with Crippen molar-refractivity contribution in [2.45, 2.75) is 25.4 Å². The molecular weight excluding hydrogens is 356 g/mol. The number of nitrogens with one attached hydrogen (secondary N) is 1.